The van der Waals surface area contributed by atoms with E-state index in [1.807, 2.05) is 0 Å². The second kappa shape index (κ2) is 20.3. The highest BCUT2D eigenvalue weighted by Gasteiger charge is 2.33. The molecule has 0 bridgehead atoms. The van der Waals surface area contributed by atoms with Crippen LogP contribution in [0.4, 0.5) is 0 Å². The predicted octanol–water partition coefficient (Wildman–Crippen LogP) is 3.93. The van der Waals surface area contributed by atoms with Crippen LogP contribution >= 0.6 is 0 Å². The first-order chi connectivity index (χ1) is 14.2. The van der Waals surface area contributed by atoms with E-state index in [0.29, 0.717) is 32.8 Å². The summed E-state index contributed by atoms with van der Waals surface area (Å²) in [6, 6.07) is 0. The van der Waals surface area contributed by atoms with Crippen LogP contribution in [0.5, 0.6) is 0 Å². The van der Waals surface area contributed by atoms with Crippen molar-refractivity contribution in [2.75, 3.05) is 33.0 Å². The molecule has 3 atom stereocenters. The van der Waals surface area contributed by atoms with Gasteiger partial charge in [-0.3, -0.25) is 9.63 Å². The topological polar surface area (TPSA) is 74.3 Å². The zero-order valence-corrected chi connectivity index (χ0v) is 19.0. The maximum atomic E-state index is 11.8. The van der Waals surface area contributed by atoms with Crippen LogP contribution in [-0.4, -0.2) is 69.0 Å². The number of ether oxygens (including phenoxy) is 3. The van der Waals surface area contributed by atoms with Crippen molar-refractivity contribution in [1.29, 1.82) is 0 Å². The molecule has 0 aromatic carbocycles. The molecule has 172 valence electrons. The van der Waals surface area contributed by atoms with Gasteiger partial charge in [-0.2, -0.15) is 0 Å². The number of carbonyl (C=O) groups excluding carboxylic acids is 2. The Hall–Kier alpha value is -1.02. The SMILES string of the molecule is CCCCO[C@H]([C@@H](C=O)OCCCC)[C@@H](CN(C=O)OCCCC)OCCCC. The van der Waals surface area contributed by atoms with E-state index in [2.05, 4.69) is 27.7 Å². The van der Waals surface area contributed by atoms with E-state index in [9.17, 15) is 9.59 Å². The summed E-state index contributed by atoms with van der Waals surface area (Å²) in [7, 11) is 0. The first-order valence-corrected chi connectivity index (χ1v) is 11.3. The highest BCUT2D eigenvalue weighted by Crippen LogP contribution is 2.15. The molecule has 7 nitrogen and oxygen atoms in total. The molecule has 0 unspecified atom stereocenters. The predicted molar refractivity (Wildman–Crippen MR) is 114 cm³/mol. The summed E-state index contributed by atoms with van der Waals surface area (Å²) in [4.78, 5) is 28.9. The van der Waals surface area contributed by atoms with Gasteiger partial charge in [0.05, 0.1) is 13.2 Å². The first-order valence-electron chi connectivity index (χ1n) is 11.3. The Labute approximate surface area is 177 Å². The van der Waals surface area contributed by atoms with Crippen molar-refractivity contribution in [2.24, 2.45) is 0 Å². The van der Waals surface area contributed by atoms with Crippen molar-refractivity contribution in [3.63, 3.8) is 0 Å². The summed E-state index contributed by atoms with van der Waals surface area (Å²) in [5, 5.41) is 1.25. The summed E-state index contributed by atoms with van der Waals surface area (Å²) >= 11 is 0. The number of carbonyl (C=O) groups is 2. The van der Waals surface area contributed by atoms with Gasteiger partial charge < -0.3 is 19.0 Å². The summed E-state index contributed by atoms with van der Waals surface area (Å²) in [6.07, 6.45) is 7.02. The van der Waals surface area contributed by atoms with Crippen molar-refractivity contribution in [3.8, 4) is 0 Å². The number of nitrogens with zero attached hydrogens (tertiary/aromatic N) is 1. The molecule has 7 heteroatoms. The standard InChI is InChI=1S/C22H43NO6/c1-5-9-13-26-20(17-23(19-25)29-16-12-8-4)22(28-15-11-7-3)21(18-24)27-14-10-6-2/h18-22H,5-17H2,1-4H3/t20-,21-,22+/m1/s1. The molecular formula is C22H43NO6. The maximum absolute atomic E-state index is 11.8. The average Bonchev–Trinajstić information content (AvgIpc) is 2.73. The zero-order valence-electron chi connectivity index (χ0n) is 19.0. The van der Waals surface area contributed by atoms with Gasteiger partial charge >= 0.3 is 0 Å². The normalized spacial score (nSPS) is 14.3. The molecule has 0 saturated heterocycles. The lowest BCUT2D eigenvalue weighted by molar-refractivity contribution is -0.199. The second-order valence-electron chi connectivity index (χ2n) is 7.17. The minimum atomic E-state index is -0.742. The molecule has 0 aromatic heterocycles. The molecule has 1 amide bonds. The highest BCUT2D eigenvalue weighted by atomic mass is 16.7. The van der Waals surface area contributed by atoms with Gasteiger partial charge in [-0.05, 0) is 25.7 Å². The van der Waals surface area contributed by atoms with Crippen LogP contribution < -0.4 is 0 Å². The van der Waals surface area contributed by atoms with E-state index in [1.165, 1.54) is 5.06 Å². The number of amides is 1. The number of hydrogen-bond acceptors (Lipinski definition) is 6. The van der Waals surface area contributed by atoms with Gasteiger partial charge in [-0.15, -0.1) is 0 Å². The Morgan fingerprint density at radius 2 is 1.24 bits per heavy atom. The number of hydroxylamine groups is 2. The summed E-state index contributed by atoms with van der Waals surface area (Å²) < 4.78 is 17.9. The van der Waals surface area contributed by atoms with Gasteiger partial charge in [-0.1, -0.05) is 53.4 Å². The quantitative estimate of drug-likeness (QED) is 0.151. The molecule has 0 fully saturated rings. The molecule has 0 heterocycles. The second-order valence-corrected chi connectivity index (χ2v) is 7.17. The van der Waals surface area contributed by atoms with E-state index in [0.717, 1.165) is 57.7 Å². The van der Waals surface area contributed by atoms with Crippen LogP contribution in [0.1, 0.15) is 79.1 Å². The zero-order chi connectivity index (χ0) is 21.7. The molecule has 0 saturated carbocycles. The van der Waals surface area contributed by atoms with Crippen molar-refractivity contribution >= 4 is 12.7 Å². The number of hydrogen-bond donors (Lipinski definition) is 0. The number of unbranched alkanes of at least 4 members (excludes halogenated alkanes) is 4. The molecule has 0 aliphatic rings. The fourth-order valence-electron chi connectivity index (χ4n) is 2.61. The van der Waals surface area contributed by atoms with Crippen LogP contribution in [0.3, 0.4) is 0 Å². The van der Waals surface area contributed by atoms with Gasteiger partial charge in [0.2, 0.25) is 6.41 Å². The van der Waals surface area contributed by atoms with E-state index in [4.69, 9.17) is 19.0 Å². The van der Waals surface area contributed by atoms with Gasteiger partial charge in [0, 0.05) is 19.8 Å². The van der Waals surface area contributed by atoms with Crippen LogP contribution in [-0.2, 0) is 28.6 Å². The number of rotatable bonds is 22. The van der Waals surface area contributed by atoms with Crippen molar-refractivity contribution in [2.45, 2.75) is 97.4 Å². The molecular weight excluding hydrogens is 374 g/mol. The van der Waals surface area contributed by atoms with Crippen molar-refractivity contribution < 1.29 is 28.6 Å². The molecule has 0 N–H and O–H groups in total. The lowest BCUT2D eigenvalue weighted by Crippen LogP contribution is -2.49. The third-order valence-corrected chi connectivity index (χ3v) is 4.50. The minimum Gasteiger partial charge on any atom is -0.373 e. The Morgan fingerprint density at radius 1 is 0.724 bits per heavy atom. The smallest absolute Gasteiger partial charge is 0.233 e. The van der Waals surface area contributed by atoms with Gasteiger partial charge in [0.1, 0.15) is 18.3 Å². The van der Waals surface area contributed by atoms with Crippen LogP contribution in [0, 0.1) is 0 Å². The molecule has 29 heavy (non-hydrogen) atoms. The molecule has 0 aromatic rings. The Morgan fingerprint density at radius 3 is 1.76 bits per heavy atom. The maximum Gasteiger partial charge on any atom is 0.233 e. The van der Waals surface area contributed by atoms with E-state index >= 15 is 0 Å². The van der Waals surface area contributed by atoms with Gasteiger partial charge in [0.15, 0.2) is 6.29 Å². The van der Waals surface area contributed by atoms with Gasteiger partial charge in [-0.25, -0.2) is 5.06 Å². The molecule has 0 rings (SSSR count). The van der Waals surface area contributed by atoms with E-state index in [-0.39, 0.29) is 6.54 Å². The molecule has 0 aliphatic carbocycles. The highest BCUT2D eigenvalue weighted by molar-refractivity contribution is 5.57. The molecule has 0 spiro atoms. The van der Waals surface area contributed by atoms with E-state index < -0.39 is 18.3 Å². The summed E-state index contributed by atoms with van der Waals surface area (Å²) in [6.45, 7) is 10.5. The lowest BCUT2D eigenvalue weighted by atomic mass is 10.1. The Balaban J connectivity index is 5.29. The minimum absolute atomic E-state index is 0.190. The lowest BCUT2D eigenvalue weighted by Gasteiger charge is -2.33. The first kappa shape index (κ1) is 28.0. The third kappa shape index (κ3) is 13.8. The number of aldehydes is 1. The molecule has 0 aliphatic heterocycles. The fraction of sp³-hybridized carbons (Fsp3) is 0.909. The van der Waals surface area contributed by atoms with E-state index in [1.54, 1.807) is 0 Å². The summed E-state index contributed by atoms with van der Waals surface area (Å²) in [5.41, 5.74) is 0. The van der Waals surface area contributed by atoms with Crippen LogP contribution in [0.2, 0.25) is 0 Å². The molecule has 0 radical (unpaired) electrons. The average molecular weight is 418 g/mol. The Bertz CT molecular complexity index is 382. The third-order valence-electron chi connectivity index (χ3n) is 4.50. The fourth-order valence-corrected chi connectivity index (χ4v) is 2.61. The van der Waals surface area contributed by atoms with Crippen LogP contribution in [0.15, 0.2) is 0 Å². The van der Waals surface area contributed by atoms with Gasteiger partial charge in [0.25, 0.3) is 0 Å². The van der Waals surface area contributed by atoms with Crippen LogP contribution in [0.25, 0.3) is 0 Å². The van der Waals surface area contributed by atoms with Crippen molar-refractivity contribution in [1.82, 2.24) is 5.06 Å². The summed E-state index contributed by atoms with van der Waals surface area (Å²) in [5.74, 6) is 0. The Kier molecular flexibility index (Phi) is 19.5. The largest absolute Gasteiger partial charge is 0.373 e. The van der Waals surface area contributed by atoms with Crippen molar-refractivity contribution in [3.05, 3.63) is 0 Å². The monoisotopic (exact) mass is 417 g/mol.